The maximum Gasteiger partial charge on any atom is 0.256 e. The number of rotatable bonds is 8. The number of hydrogen-bond donors (Lipinski definition) is 4. The van der Waals surface area contributed by atoms with Crippen LogP contribution >= 0.6 is 0 Å². The topological polar surface area (TPSA) is 138 Å². The number of carbonyl (C=O) groups is 1. The van der Waals surface area contributed by atoms with E-state index in [1.165, 1.54) is 12.5 Å². The number of fused-ring (bicyclic) bond motifs is 1. The van der Waals surface area contributed by atoms with Crippen LogP contribution in [0.25, 0.3) is 0 Å². The van der Waals surface area contributed by atoms with Crippen LogP contribution in [-0.2, 0) is 28.3 Å². The van der Waals surface area contributed by atoms with Gasteiger partial charge in [0.1, 0.15) is 11.4 Å². The fourth-order valence-corrected chi connectivity index (χ4v) is 5.27. The van der Waals surface area contributed by atoms with E-state index >= 15 is 0 Å². The molecule has 2 aromatic heterocycles. The first-order chi connectivity index (χ1) is 18.3. The lowest BCUT2D eigenvalue weighted by atomic mass is 9.88. The molecule has 0 saturated carbocycles. The third-order valence-electron chi connectivity index (χ3n) is 6.32. The van der Waals surface area contributed by atoms with E-state index in [1.54, 1.807) is 6.20 Å². The molecule has 1 unspecified atom stereocenters. The van der Waals surface area contributed by atoms with Crippen molar-refractivity contribution in [2.75, 3.05) is 16.9 Å². The number of pyridine rings is 1. The van der Waals surface area contributed by atoms with Crippen molar-refractivity contribution in [3.8, 4) is 0 Å². The summed E-state index contributed by atoms with van der Waals surface area (Å²) in [6.07, 6.45) is 6.58. The molecule has 1 aliphatic rings. The molecule has 39 heavy (non-hydrogen) atoms. The Hall–Kier alpha value is -3.57. The monoisotopic (exact) mass is 551 g/mol. The standard InChI is InChI=1S/C28H37N7O3S/c1-17(2)31-26(36)23-16-30-27(34-25(23)32-21-11-12-29-24(15-21)28(3,4)5)33-20-9-7-19-14-22(35-39(6,37)38)10-8-18(19)13-20/h7,9,11-13,15-17,22,35H,8,10,14H2,1-6H3,(H,31,36)(H2,29,30,32,33,34). The molecule has 3 aromatic rings. The van der Waals surface area contributed by atoms with E-state index in [2.05, 4.69) is 56.4 Å². The number of carbonyl (C=O) groups excluding carboxylic acids is 1. The largest absolute Gasteiger partial charge is 0.350 e. The Bertz CT molecular complexity index is 1470. The predicted octanol–water partition coefficient (Wildman–Crippen LogP) is 4.20. The number of benzene rings is 1. The van der Waals surface area contributed by atoms with E-state index in [1.807, 2.05) is 44.2 Å². The van der Waals surface area contributed by atoms with Crippen LogP contribution in [0.4, 0.5) is 23.1 Å². The van der Waals surface area contributed by atoms with E-state index in [0.29, 0.717) is 23.8 Å². The Kier molecular flexibility index (Phi) is 8.22. The number of nitrogens with one attached hydrogen (secondary N) is 4. The van der Waals surface area contributed by atoms with E-state index in [0.717, 1.165) is 41.0 Å². The second-order valence-corrected chi connectivity index (χ2v) is 13.1. The Morgan fingerprint density at radius 3 is 2.46 bits per heavy atom. The predicted molar refractivity (Wildman–Crippen MR) is 154 cm³/mol. The van der Waals surface area contributed by atoms with Crippen molar-refractivity contribution in [3.05, 3.63) is 65.1 Å². The summed E-state index contributed by atoms with van der Waals surface area (Å²) in [6, 6.07) is 9.62. The zero-order valence-corrected chi connectivity index (χ0v) is 24.1. The fraction of sp³-hybridized carbons (Fsp3) is 0.429. The van der Waals surface area contributed by atoms with Gasteiger partial charge in [0.25, 0.3) is 5.91 Å². The van der Waals surface area contributed by atoms with E-state index in [-0.39, 0.29) is 23.4 Å². The lowest BCUT2D eigenvalue weighted by Gasteiger charge is -2.25. The number of sulfonamides is 1. The zero-order valence-electron chi connectivity index (χ0n) is 23.3. The highest BCUT2D eigenvalue weighted by molar-refractivity contribution is 7.88. The SMILES string of the molecule is CC(C)NC(=O)c1cnc(Nc2ccc3c(c2)CCC(NS(C)(=O)=O)C3)nc1Nc1ccnc(C(C)(C)C)c1. The highest BCUT2D eigenvalue weighted by atomic mass is 32.2. The van der Waals surface area contributed by atoms with Gasteiger partial charge in [0, 0.05) is 47.0 Å². The van der Waals surface area contributed by atoms with Crippen molar-refractivity contribution < 1.29 is 13.2 Å². The molecule has 0 saturated heterocycles. The number of nitrogens with zero attached hydrogens (tertiary/aromatic N) is 3. The minimum Gasteiger partial charge on any atom is -0.350 e. The smallest absolute Gasteiger partial charge is 0.256 e. The summed E-state index contributed by atoms with van der Waals surface area (Å²) in [7, 11) is -3.25. The van der Waals surface area contributed by atoms with Crippen molar-refractivity contribution >= 4 is 39.1 Å². The van der Waals surface area contributed by atoms with Crippen molar-refractivity contribution in [3.63, 3.8) is 0 Å². The summed E-state index contributed by atoms with van der Waals surface area (Å²) in [5.41, 5.74) is 4.96. The molecular weight excluding hydrogens is 514 g/mol. The average Bonchev–Trinajstić information content (AvgIpc) is 2.82. The van der Waals surface area contributed by atoms with Gasteiger partial charge in [0.15, 0.2) is 0 Å². The van der Waals surface area contributed by atoms with E-state index in [4.69, 9.17) is 0 Å². The van der Waals surface area contributed by atoms with Gasteiger partial charge in [-0.3, -0.25) is 9.78 Å². The molecule has 0 fully saturated rings. The molecule has 0 aliphatic heterocycles. The summed E-state index contributed by atoms with van der Waals surface area (Å²) >= 11 is 0. The first kappa shape index (κ1) is 28.4. The molecule has 0 radical (unpaired) electrons. The number of aromatic nitrogens is 3. The highest BCUT2D eigenvalue weighted by Crippen LogP contribution is 2.28. The van der Waals surface area contributed by atoms with Gasteiger partial charge in [-0.25, -0.2) is 18.1 Å². The highest BCUT2D eigenvalue weighted by Gasteiger charge is 2.22. The summed E-state index contributed by atoms with van der Waals surface area (Å²) in [4.78, 5) is 26.5. The van der Waals surface area contributed by atoms with Gasteiger partial charge >= 0.3 is 0 Å². The summed E-state index contributed by atoms with van der Waals surface area (Å²) < 4.78 is 26.0. The van der Waals surface area contributed by atoms with Crippen LogP contribution in [0.1, 0.15) is 68.2 Å². The van der Waals surface area contributed by atoms with Gasteiger partial charge in [-0.2, -0.15) is 4.98 Å². The van der Waals surface area contributed by atoms with Gasteiger partial charge in [0.05, 0.1) is 6.26 Å². The maximum atomic E-state index is 12.9. The number of aryl methyl sites for hydroxylation is 1. The molecule has 10 nitrogen and oxygen atoms in total. The third-order valence-corrected chi connectivity index (χ3v) is 7.08. The molecule has 1 aromatic carbocycles. The molecule has 0 spiro atoms. The van der Waals surface area contributed by atoms with Crippen LogP contribution in [0.5, 0.6) is 0 Å². The van der Waals surface area contributed by atoms with Crippen molar-refractivity contribution in [2.24, 2.45) is 0 Å². The fourth-order valence-electron chi connectivity index (χ4n) is 4.46. The van der Waals surface area contributed by atoms with E-state index < -0.39 is 10.0 Å². The second-order valence-electron chi connectivity index (χ2n) is 11.3. The summed E-state index contributed by atoms with van der Waals surface area (Å²) in [6.45, 7) is 10.1. The number of hydrogen-bond acceptors (Lipinski definition) is 8. The van der Waals surface area contributed by atoms with E-state index in [9.17, 15) is 13.2 Å². The van der Waals surface area contributed by atoms with Crippen molar-refractivity contribution in [2.45, 2.75) is 71.4 Å². The number of amides is 1. The molecule has 0 bridgehead atoms. The quantitative estimate of drug-likeness (QED) is 0.327. The van der Waals surface area contributed by atoms with Gasteiger partial charge in [-0.15, -0.1) is 0 Å². The molecular formula is C28H37N7O3S. The van der Waals surface area contributed by atoms with Crippen LogP contribution < -0.4 is 20.7 Å². The Morgan fingerprint density at radius 1 is 1.03 bits per heavy atom. The molecule has 1 aliphatic carbocycles. The first-order valence-corrected chi connectivity index (χ1v) is 14.9. The molecule has 1 amide bonds. The molecule has 11 heteroatoms. The van der Waals surface area contributed by atoms with Crippen LogP contribution in [-0.4, -0.2) is 47.6 Å². The Balaban J connectivity index is 1.59. The lowest BCUT2D eigenvalue weighted by Crippen LogP contribution is -2.38. The van der Waals surface area contributed by atoms with Crippen LogP contribution in [0.15, 0.2) is 42.7 Å². The molecule has 208 valence electrons. The second kappa shape index (κ2) is 11.3. The average molecular weight is 552 g/mol. The first-order valence-electron chi connectivity index (χ1n) is 13.0. The molecule has 2 heterocycles. The Labute approximate surface area is 230 Å². The number of anilines is 4. The molecule has 1 atom stereocenters. The minimum absolute atomic E-state index is 0.0423. The van der Waals surface area contributed by atoms with Crippen LogP contribution in [0.2, 0.25) is 0 Å². The minimum atomic E-state index is -3.25. The zero-order chi connectivity index (χ0) is 28.4. The van der Waals surface area contributed by atoms with Gasteiger partial charge < -0.3 is 16.0 Å². The summed E-state index contributed by atoms with van der Waals surface area (Å²) in [5.74, 6) is 0.454. The van der Waals surface area contributed by atoms with Crippen molar-refractivity contribution in [1.82, 2.24) is 25.0 Å². The van der Waals surface area contributed by atoms with Gasteiger partial charge in [-0.1, -0.05) is 26.8 Å². The van der Waals surface area contributed by atoms with Crippen LogP contribution in [0, 0.1) is 0 Å². The maximum absolute atomic E-state index is 12.9. The van der Waals surface area contributed by atoms with Crippen LogP contribution in [0.3, 0.4) is 0 Å². The van der Waals surface area contributed by atoms with Gasteiger partial charge in [-0.05, 0) is 68.5 Å². The lowest BCUT2D eigenvalue weighted by molar-refractivity contribution is 0.0943. The Morgan fingerprint density at radius 2 is 1.77 bits per heavy atom. The van der Waals surface area contributed by atoms with Crippen molar-refractivity contribution in [1.29, 1.82) is 0 Å². The molecule has 4 N–H and O–H groups in total. The summed E-state index contributed by atoms with van der Waals surface area (Å²) in [5, 5.41) is 9.45. The van der Waals surface area contributed by atoms with Gasteiger partial charge in [0.2, 0.25) is 16.0 Å². The third kappa shape index (κ3) is 7.73. The molecule has 4 rings (SSSR count). The normalized spacial score (nSPS) is 15.5.